The Morgan fingerprint density at radius 2 is 1.76 bits per heavy atom. The van der Waals surface area contributed by atoms with E-state index in [2.05, 4.69) is 46.0 Å². The zero-order valence-corrected chi connectivity index (χ0v) is 28.0. The summed E-state index contributed by atoms with van der Waals surface area (Å²) in [5.74, 6) is 3.36. The highest BCUT2D eigenvalue weighted by Crippen LogP contribution is 2.67. The van der Waals surface area contributed by atoms with Crippen LogP contribution in [0.2, 0.25) is 0 Å². The van der Waals surface area contributed by atoms with Crippen molar-refractivity contribution in [3.8, 4) is 0 Å². The second-order valence-electron chi connectivity index (χ2n) is 16.6. The van der Waals surface area contributed by atoms with Gasteiger partial charge in [0.05, 0.1) is 21.1 Å². The van der Waals surface area contributed by atoms with Crippen molar-refractivity contribution in [2.24, 2.45) is 52.3 Å². The summed E-state index contributed by atoms with van der Waals surface area (Å²) in [6.45, 7) is 14.4. The molecule has 1 unspecified atom stereocenters. The third-order valence-electron chi connectivity index (χ3n) is 13.1. The Kier molecular flexibility index (Phi) is 9.50. The summed E-state index contributed by atoms with van der Waals surface area (Å²) >= 11 is 0. The number of quaternary nitrogens is 1. The molecule has 0 radical (unpaired) electrons. The SMILES string of the molecule is CCCC(NC(=O)[C@H]1CC[C@@]2(C)C(=CC[C@H]3[C@@H]4CC[C@H]([C@H](C)CCCC(C)C)[C@@]4(C)CC[C@@H]32)C1)(C(=O)[O-])[N+](C)(C)C. The van der Waals surface area contributed by atoms with Crippen molar-refractivity contribution in [1.82, 2.24) is 5.32 Å². The Bertz CT molecular complexity index is 997. The highest BCUT2D eigenvalue weighted by atomic mass is 16.4. The van der Waals surface area contributed by atoms with Gasteiger partial charge in [0.1, 0.15) is 5.97 Å². The lowest BCUT2D eigenvalue weighted by Gasteiger charge is -2.58. The van der Waals surface area contributed by atoms with Gasteiger partial charge in [0, 0.05) is 12.3 Å². The molecule has 5 nitrogen and oxygen atoms in total. The van der Waals surface area contributed by atoms with Gasteiger partial charge in [-0.3, -0.25) is 10.1 Å². The number of carboxylic acids is 1. The standard InChI is InChI=1S/C36H62N2O3/c1-10-20-36(33(40)41,38(7,8)9)37-32(39)26-18-21-34(5)27(23-26)14-15-28-30-17-16-29(25(4)13-11-12-24(2)3)35(30,6)22-19-31(28)34/h14,24-26,28-31H,10-13,15-23H2,1-9H3,(H-,37,39,40,41)/t25-,26+,28+,29-,30+,31+,34+,35-,36?/m1/s1. The van der Waals surface area contributed by atoms with E-state index in [1.807, 2.05) is 28.1 Å². The number of nitrogens with one attached hydrogen (secondary N) is 1. The largest absolute Gasteiger partial charge is 0.542 e. The molecular weight excluding hydrogens is 508 g/mol. The number of allylic oxidation sites excluding steroid dienone is 2. The normalized spacial score (nSPS) is 37.3. The molecule has 9 atom stereocenters. The molecule has 4 rings (SSSR count). The van der Waals surface area contributed by atoms with Gasteiger partial charge in [-0.25, -0.2) is 0 Å². The first-order valence-corrected chi connectivity index (χ1v) is 17.1. The molecule has 5 heteroatoms. The van der Waals surface area contributed by atoms with E-state index < -0.39 is 11.6 Å². The average molecular weight is 571 g/mol. The number of fused-ring (bicyclic) bond motifs is 5. The number of nitrogens with zero attached hydrogens (tertiary/aromatic N) is 1. The number of aliphatic carboxylic acids is 1. The zero-order chi connectivity index (χ0) is 30.4. The quantitative estimate of drug-likeness (QED) is 0.170. The van der Waals surface area contributed by atoms with Crippen LogP contribution in [-0.2, 0) is 9.59 Å². The lowest BCUT2D eigenvalue weighted by atomic mass is 9.46. The highest BCUT2D eigenvalue weighted by molar-refractivity contribution is 5.86. The van der Waals surface area contributed by atoms with Crippen molar-refractivity contribution in [3.63, 3.8) is 0 Å². The van der Waals surface area contributed by atoms with Crippen LogP contribution in [0.3, 0.4) is 0 Å². The molecule has 0 aliphatic heterocycles. The van der Waals surface area contributed by atoms with Gasteiger partial charge in [0.25, 0.3) is 0 Å². The van der Waals surface area contributed by atoms with Crippen LogP contribution in [0.4, 0.5) is 0 Å². The lowest BCUT2D eigenvalue weighted by molar-refractivity contribution is -0.919. The molecular formula is C36H62N2O3. The summed E-state index contributed by atoms with van der Waals surface area (Å²) in [6, 6.07) is 0. The number of carbonyl (C=O) groups is 2. The number of hydrogen-bond acceptors (Lipinski definition) is 3. The monoisotopic (exact) mass is 570 g/mol. The molecule has 234 valence electrons. The third-order valence-corrected chi connectivity index (χ3v) is 13.1. The molecule has 1 N–H and O–H groups in total. The Hall–Kier alpha value is -1.36. The van der Waals surface area contributed by atoms with Gasteiger partial charge in [-0.1, -0.05) is 72.5 Å². The van der Waals surface area contributed by atoms with E-state index in [4.69, 9.17) is 0 Å². The van der Waals surface area contributed by atoms with E-state index in [-0.39, 0.29) is 21.7 Å². The summed E-state index contributed by atoms with van der Waals surface area (Å²) in [6.07, 6.45) is 17.0. The van der Waals surface area contributed by atoms with Gasteiger partial charge in [-0.05, 0) is 104 Å². The van der Waals surface area contributed by atoms with Crippen molar-refractivity contribution < 1.29 is 19.2 Å². The first-order valence-electron chi connectivity index (χ1n) is 17.1. The van der Waals surface area contributed by atoms with Crippen LogP contribution in [0.25, 0.3) is 0 Å². The van der Waals surface area contributed by atoms with E-state index in [0.29, 0.717) is 24.2 Å². The van der Waals surface area contributed by atoms with E-state index in [1.165, 1.54) is 50.5 Å². The molecule has 0 saturated heterocycles. The zero-order valence-electron chi connectivity index (χ0n) is 28.0. The molecule has 3 fully saturated rings. The van der Waals surface area contributed by atoms with E-state index in [1.54, 1.807) is 0 Å². The van der Waals surface area contributed by atoms with Crippen molar-refractivity contribution in [2.75, 3.05) is 21.1 Å². The maximum atomic E-state index is 13.7. The lowest BCUT2D eigenvalue weighted by Crippen LogP contribution is -2.74. The first-order chi connectivity index (χ1) is 19.1. The van der Waals surface area contributed by atoms with Crippen LogP contribution >= 0.6 is 0 Å². The first kappa shape index (κ1) is 32.6. The molecule has 4 aliphatic carbocycles. The Labute approximate surface area is 251 Å². The molecule has 41 heavy (non-hydrogen) atoms. The minimum atomic E-state index is -1.41. The third kappa shape index (κ3) is 5.79. The molecule has 0 aromatic heterocycles. The summed E-state index contributed by atoms with van der Waals surface area (Å²) < 4.78 is 0.114. The number of hydrogen-bond donors (Lipinski definition) is 1. The van der Waals surface area contributed by atoms with Crippen molar-refractivity contribution in [3.05, 3.63) is 11.6 Å². The van der Waals surface area contributed by atoms with E-state index in [9.17, 15) is 14.7 Å². The fourth-order valence-corrected chi connectivity index (χ4v) is 10.6. The maximum Gasteiger partial charge on any atom is 0.228 e. The number of carbonyl (C=O) groups excluding carboxylic acids is 2. The highest BCUT2D eigenvalue weighted by Gasteiger charge is 2.59. The number of rotatable bonds is 11. The van der Waals surface area contributed by atoms with E-state index >= 15 is 0 Å². The molecule has 1 amide bonds. The van der Waals surface area contributed by atoms with Crippen molar-refractivity contribution >= 4 is 11.9 Å². The molecule has 0 heterocycles. The van der Waals surface area contributed by atoms with Gasteiger partial charge in [0.2, 0.25) is 11.6 Å². The molecule has 0 spiro atoms. The second kappa shape index (κ2) is 12.0. The summed E-state index contributed by atoms with van der Waals surface area (Å²) in [5, 5.41) is 15.4. The second-order valence-corrected chi connectivity index (χ2v) is 16.6. The van der Waals surface area contributed by atoms with Gasteiger partial charge < -0.3 is 14.4 Å². The van der Waals surface area contributed by atoms with Crippen LogP contribution < -0.4 is 10.4 Å². The van der Waals surface area contributed by atoms with Crippen LogP contribution in [0.1, 0.15) is 125 Å². The molecule has 4 aliphatic rings. The number of likely N-dealkylation sites (N-methyl/N-ethyl adjacent to an activating group) is 1. The number of carboxylic acid groups (broad SMARTS) is 1. The summed E-state index contributed by atoms with van der Waals surface area (Å²) in [5.41, 5.74) is 0.731. The Balaban J connectivity index is 1.47. The predicted molar refractivity (Wildman–Crippen MR) is 165 cm³/mol. The van der Waals surface area contributed by atoms with Crippen molar-refractivity contribution in [1.29, 1.82) is 0 Å². The topological polar surface area (TPSA) is 69.2 Å². The van der Waals surface area contributed by atoms with Gasteiger partial charge in [0.15, 0.2) is 0 Å². The molecule has 0 bridgehead atoms. The van der Waals surface area contributed by atoms with Gasteiger partial charge >= 0.3 is 0 Å². The van der Waals surface area contributed by atoms with Gasteiger partial charge in [-0.2, -0.15) is 0 Å². The minimum absolute atomic E-state index is 0.109. The molecule has 0 aromatic rings. The van der Waals surface area contributed by atoms with E-state index in [0.717, 1.165) is 55.3 Å². The fraction of sp³-hybridized carbons (Fsp3) is 0.889. The number of amides is 1. The summed E-state index contributed by atoms with van der Waals surface area (Å²) in [4.78, 5) is 26.1. The predicted octanol–water partition coefficient (Wildman–Crippen LogP) is 6.71. The maximum absolute atomic E-state index is 13.7. The van der Waals surface area contributed by atoms with Crippen molar-refractivity contribution in [2.45, 2.75) is 131 Å². The smallest absolute Gasteiger partial charge is 0.228 e. The van der Waals surface area contributed by atoms with Crippen LogP contribution in [0.15, 0.2) is 11.6 Å². The minimum Gasteiger partial charge on any atom is -0.542 e. The average Bonchev–Trinajstić information content (AvgIpc) is 3.24. The van der Waals surface area contributed by atoms with Crippen LogP contribution in [-0.4, -0.2) is 43.2 Å². The van der Waals surface area contributed by atoms with Crippen LogP contribution in [0, 0.1) is 52.3 Å². The Morgan fingerprint density at radius 3 is 2.37 bits per heavy atom. The van der Waals surface area contributed by atoms with Crippen LogP contribution in [0.5, 0.6) is 0 Å². The van der Waals surface area contributed by atoms with Gasteiger partial charge in [-0.15, -0.1) is 0 Å². The Morgan fingerprint density at radius 1 is 1.05 bits per heavy atom. The molecule has 0 aromatic carbocycles. The summed E-state index contributed by atoms with van der Waals surface area (Å²) in [7, 11) is 5.51. The molecule has 3 saturated carbocycles. The fourth-order valence-electron chi connectivity index (χ4n) is 10.6.